The summed E-state index contributed by atoms with van der Waals surface area (Å²) in [5, 5.41) is 12.8. The van der Waals surface area contributed by atoms with Crippen molar-refractivity contribution in [3.63, 3.8) is 0 Å². The average Bonchev–Trinajstić information content (AvgIpc) is 3.24. The number of allylic oxidation sites excluding steroid dienone is 1. The number of fused-ring (bicyclic) bond motifs is 4. The third-order valence-electron chi connectivity index (χ3n) is 8.34. The van der Waals surface area contributed by atoms with Gasteiger partial charge in [-0.2, -0.15) is 4.99 Å². The molecule has 3 unspecified atom stereocenters. The highest BCUT2D eigenvalue weighted by Crippen LogP contribution is 2.46. The minimum atomic E-state index is -1.39. The molecule has 2 fully saturated rings. The first-order valence-corrected chi connectivity index (χ1v) is 13.3. The highest BCUT2D eigenvalue weighted by molar-refractivity contribution is 6.02. The summed E-state index contributed by atoms with van der Waals surface area (Å²) in [5.74, 6) is 5.34. The van der Waals surface area contributed by atoms with E-state index < -0.39 is 6.09 Å². The number of rotatable bonds is 5. The number of benzene rings is 1. The molecular weight excluding hydrogens is 478 g/mol. The van der Waals surface area contributed by atoms with Gasteiger partial charge in [0.05, 0.1) is 0 Å². The number of aliphatic imine (C=N–C) groups is 1. The Balaban J connectivity index is 1.57. The van der Waals surface area contributed by atoms with Gasteiger partial charge in [0, 0.05) is 24.1 Å². The standard InChI is InChI=1S/C29H31N7O2/c1-3-17-12-13-20-15-36-23-25(31-16(2)18-10-7-11-18)33-27(24(30)32-29(37)38)34-26(23)35-28(36)22(21(20)14-17)19-8-5-4-6-9-19/h1,4-6,8-9,16-18,20H,7,10-15H2,2H3,(H2,30,32)(H,37,38)(H,31,33,34). The summed E-state index contributed by atoms with van der Waals surface area (Å²) in [6, 6.07) is 10.5. The first-order chi connectivity index (χ1) is 18.4. The molecule has 3 aromatic rings. The third-order valence-corrected chi connectivity index (χ3v) is 8.34. The number of nitrogens with two attached hydrogens (primary N) is 1. The summed E-state index contributed by atoms with van der Waals surface area (Å²) in [7, 11) is 0. The van der Waals surface area contributed by atoms with E-state index in [0.717, 1.165) is 48.3 Å². The Labute approximate surface area is 221 Å². The van der Waals surface area contributed by atoms with Crippen molar-refractivity contribution in [2.24, 2.45) is 28.5 Å². The molecule has 0 bridgehead atoms. The third kappa shape index (κ3) is 4.20. The molecule has 38 heavy (non-hydrogen) atoms. The topological polar surface area (TPSA) is 131 Å². The number of hydrogen-bond donors (Lipinski definition) is 3. The number of nitrogens with zero attached hydrogens (tertiary/aromatic N) is 5. The Morgan fingerprint density at radius 1 is 1.21 bits per heavy atom. The summed E-state index contributed by atoms with van der Waals surface area (Å²) < 4.78 is 2.23. The van der Waals surface area contributed by atoms with Crippen LogP contribution in [-0.4, -0.2) is 42.6 Å². The van der Waals surface area contributed by atoms with Crippen LogP contribution in [0.4, 0.5) is 10.6 Å². The monoisotopic (exact) mass is 509 g/mol. The Morgan fingerprint density at radius 2 is 2.00 bits per heavy atom. The van der Waals surface area contributed by atoms with E-state index >= 15 is 0 Å². The second-order valence-electron chi connectivity index (χ2n) is 10.6. The fourth-order valence-electron chi connectivity index (χ4n) is 6.09. The number of amides is 1. The first kappa shape index (κ1) is 24.2. The van der Waals surface area contributed by atoms with Gasteiger partial charge in [-0.1, -0.05) is 42.3 Å². The summed E-state index contributed by atoms with van der Waals surface area (Å²) in [6.45, 7) is 2.93. The first-order valence-electron chi connectivity index (χ1n) is 13.3. The summed E-state index contributed by atoms with van der Waals surface area (Å²) >= 11 is 0. The summed E-state index contributed by atoms with van der Waals surface area (Å²) in [5.41, 5.74) is 10.8. The second-order valence-corrected chi connectivity index (χ2v) is 10.6. The van der Waals surface area contributed by atoms with Crippen molar-refractivity contribution in [3.05, 3.63) is 53.1 Å². The predicted octanol–water partition coefficient (Wildman–Crippen LogP) is 4.68. The Morgan fingerprint density at radius 3 is 2.68 bits per heavy atom. The Kier molecular flexibility index (Phi) is 6.10. The van der Waals surface area contributed by atoms with Crippen LogP contribution >= 0.6 is 0 Å². The van der Waals surface area contributed by atoms with E-state index in [1.807, 2.05) is 18.2 Å². The van der Waals surface area contributed by atoms with E-state index in [-0.39, 0.29) is 23.6 Å². The molecule has 3 aliphatic rings. The molecule has 1 aliphatic heterocycles. The van der Waals surface area contributed by atoms with Gasteiger partial charge in [-0.15, -0.1) is 12.3 Å². The molecule has 0 radical (unpaired) electrons. The van der Waals surface area contributed by atoms with E-state index in [4.69, 9.17) is 27.2 Å². The van der Waals surface area contributed by atoms with Gasteiger partial charge in [0.1, 0.15) is 11.3 Å². The van der Waals surface area contributed by atoms with Crippen LogP contribution in [0.25, 0.3) is 16.7 Å². The van der Waals surface area contributed by atoms with Gasteiger partial charge in [0.2, 0.25) is 0 Å². The molecule has 1 aromatic carbocycles. The average molecular weight is 510 g/mol. The van der Waals surface area contributed by atoms with E-state index in [0.29, 0.717) is 23.3 Å². The quantitative estimate of drug-likeness (QED) is 0.259. The van der Waals surface area contributed by atoms with Gasteiger partial charge >= 0.3 is 6.09 Å². The maximum Gasteiger partial charge on any atom is 0.433 e. The lowest BCUT2D eigenvalue weighted by atomic mass is 9.73. The molecule has 194 valence electrons. The number of carbonyl (C=O) groups is 1. The molecule has 0 spiro atoms. The number of nitrogens with one attached hydrogen (secondary N) is 1. The lowest BCUT2D eigenvalue weighted by Crippen LogP contribution is -2.32. The largest absolute Gasteiger partial charge is 0.463 e. The minimum absolute atomic E-state index is 0.0531. The lowest BCUT2D eigenvalue weighted by Gasteiger charge is -2.36. The van der Waals surface area contributed by atoms with Crippen LogP contribution in [-0.2, 0) is 6.54 Å². The van der Waals surface area contributed by atoms with Gasteiger partial charge in [-0.25, -0.2) is 19.7 Å². The van der Waals surface area contributed by atoms with Gasteiger partial charge < -0.3 is 20.7 Å². The van der Waals surface area contributed by atoms with Gasteiger partial charge in [-0.3, -0.25) is 0 Å². The fraction of sp³-hybridized carbons (Fsp3) is 0.414. The number of amidine groups is 1. The van der Waals surface area contributed by atoms with Crippen LogP contribution in [0.2, 0.25) is 0 Å². The Hall–Kier alpha value is -4.19. The van der Waals surface area contributed by atoms with Gasteiger partial charge in [0.25, 0.3) is 0 Å². The van der Waals surface area contributed by atoms with Crippen molar-refractivity contribution in [1.29, 1.82) is 0 Å². The van der Waals surface area contributed by atoms with Crippen LogP contribution < -0.4 is 11.1 Å². The summed E-state index contributed by atoms with van der Waals surface area (Å²) in [6.07, 6.45) is 10.9. The zero-order valence-electron chi connectivity index (χ0n) is 21.4. The second kappa shape index (κ2) is 9.60. The molecule has 3 atom stereocenters. The molecule has 9 heteroatoms. The van der Waals surface area contributed by atoms with E-state index in [2.05, 4.69) is 44.8 Å². The van der Waals surface area contributed by atoms with Gasteiger partial charge in [-0.05, 0) is 56.4 Å². The minimum Gasteiger partial charge on any atom is -0.463 e. The van der Waals surface area contributed by atoms with Crippen LogP contribution in [0.15, 0.2) is 40.9 Å². The van der Waals surface area contributed by atoms with E-state index in [9.17, 15) is 4.79 Å². The maximum atomic E-state index is 11.2. The molecule has 6 rings (SSSR count). The number of aromatic nitrogens is 4. The van der Waals surface area contributed by atoms with Crippen molar-refractivity contribution in [3.8, 4) is 12.3 Å². The fourth-order valence-corrected chi connectivity index (χ4v) is 6.09. The maximum absolute atomic E-state index is 11.2. The zero-order valence-corrected chi connectivity index (χ0v) is 21.4. The lowest BCUT2D eigenvalue weighted by molar-refractivity contribution is 0.205. The van der Waals surface area contributed by atoms with Gasteiger partial charge in [0.15, 0.2) is 23.1 Å². The highest BCUT2D eigenvalue weighted by Gasteiger charge is 2.36. The molecule has 9 nitrogen and oxygen atoms in total. The normalized spacial score (nSPS) is 22.3. The summed E-state index contributed by atoms with van der Waals surface area (Å²) in [4.78, 5) is 29.0. The van der Waals surface area contributed by atoms with Crippen LogP contribution in [0.1, 0.15) is 62.7 Å². The zero-order chi connectivity index (χ0) is 26.4. The SMILES string of the molecule is C#CC1CCC2Cn3c(nc4nc(C(N)=NC(=O)O)nc(NC(C)C5CCC5)c43)C(c3ccccc3)=C2C1. The molecule has 2 saturated carbocycles. The van der Waals surface area contributed by atoms with Crippen molar-refractivity contribution in [2.45, 2.75) is 58.0 Å². The van der Waals surface area contributed by atoms with Crippen LogP contribution in [0, 0.1) is 30.1 Å². The number of terminal acetylenes is 1. The molecule has 3 heterocycles. The predicted molar refractivity (Wildman–Crippen MR) is 147 cm³/mol. The highest BCUT2D eigenvalue weighted by atomic mass is 16.4. The number of anilines is 1. The van der Waals surface area contributed by atoms with Crippen LogP contribution in [0.3, 0.4) is 0 Å². The van der Waals surface area contributed by atoms with Crippen molar-refractivity contribution < 1.29 is 9.90 Å². The molecular formula is C29H31N7O2. The molecule has 0 saturated heterocycles. The number of imidazole rings is 1. The van der Waals surface area contributed by atoms with Crippen LogP contribution in [0.5, 0.6) is 0 Å². The van der Waals surface area contributed by atoms with Crippen molar-refractivity contribution in [2.75, 3.05) is 5.32 Å². The molecule has 4 N–H and O–H groups in total. The smallest absolute Gasteiger partial charge is 0.433 e. The number of hydrogen-bond acceptors (Lipinski definition) is 5. The molecule has 2 aliphatic carbocycles. The Bertz CT molecular complexity index is 1510. The van der Waals surface area contributed by atoms with E-state index in [1.165, 1.54) is 24.8 Å². The van der Waals surface area contributed by atoms with E-state index in [1.54, 1.807) is 0 Å². The van der Waals surface area contributed by atoms with Crippen molar-refractivity contribution in [1.82, 2.24) is 19.5 Å². The molecule has 2 aromatic heterocycles. The number of carboxylic acid groups (broad SMARTS) is 1. The molecule has 1 amide bonds. The van der Waals surface area contributed by atoms with Crippen molar-refractivity contribution >= 4 is 34.5 Å².